The molecule has 1 aromatic rings. The first kappa shape index (κ1) is 12.8. The maximum atomic E-state index is 13.1. The van der Waals surface area contributed by atoms with Gasteiger partial charge in [-0.3, -0.25) is 0 Å². The summed E-state index contributed by atoms with van der Waals surface area (Å²) in [4.78, 5) is 0. The molecule has 2 unspecified atom stereocenters. The van der Waals surface area contributed by atoms with Crippen molar-refractivity contribution in [3.63, 3.8) is 0 Å². The average Bonchev–Trinajstić information content (AvgIpc) is 2.34. The molecule has 94 valence electrons. The van der Waals surface area contributed by atoms with Crippen molar-refractivity contribution in [3.8, 4) is 0 Å². The van der Waals surface area contributed by atoms with Crippen molar-refractivity contribution in [1.29, 1.82) is 0 Å². The quantitative estimate of drug-likeness (QED) is 0.898. The highest BCUT2D eigenvalue weighted by Gasteiger charge is 2.27. The largest absolute Gasteiger partial charge is 0.373 e. The second kappa shape index (κ2) is 5.80. The van der Waals surface area contributed by atoms with Crippen molar-refractivity contribution in [2.24, 2.45) is 5.92 Å². The summed E-state index contributed by atoms with van der Waals surface area (Å²) < 4.78 is 18.9. The third-order valence-corrected chi connectivity index (χ3v) is 3.47. The van der Waals surface area contributed by atoms with Crippen LogP contribution in [-0.4, -0.2) is 20.2 Å². The van der Waals surface area contributed by atoms with Gasteiger partial charge in [0.25, 0.3) is 0 Å². The highest BCUT2D eigenvalue weighted by molar-refractivity contribution is 6.30. The van der Waals surface area contributed by atoms with Crippen molar-refractivity contribution < 1.29 is 9.13 Å². The van der Waals surface area contributed by atoms with Gasteiger partial charge < -0.3 is 10.1 Å². The molecular weight excluding hydrogens is 241 g/mol. The molecule has 0 saturated carbocycles. The minimum Gasteiger partial charge on any atom is -0.373 e. The Morgan fingerprint density at radius 2 is 2.35 bits per heavy atom. The van der Waals surface area contributed by atoms with E-state index in [-0.39, 0.29) is 16.9 Å². The Hall–Kier alpha value is -0.640. The number of ether oxygens (including phenoxy) is 1. The predicted octanol–water partition coefficient (Wildman–Crippen LogP) is 3.17. The molecule has 0 radical (unpaired) electrons. The SMILES string of the molecule is CNCC1CCCOC1c1ccc(F)c(Cl)c1. The zero-order chi connectivity index (χ0) is 12.3. The van der Waals surface area contributed by atoms with Crippen molar-refractivity contribution in [3.05, 3.63) is 34.6 Å². The van der Waals surface area contributed by atoms with Gasteiger partial charge in [0.1, 0.15) is 5.82 Å². The normalized spacial score (nSPS) is 24.9. The monoisotopic (exact) mass is 257 g/mol. The van der Waals surface area contributed by atoms with Crippen LogP contribution in [0, 0.1) is 11.7 Å². The summed E-state index contributed by atoms with van der Waals surface area (Å²) in [5.74, 6) is 0.0478. The molecule has 0 spiro atoms. The number of nitrogens with one attached hydrogen (secondary N) is 1. The number of benzene rings is 1. The van der Waals surface area contributed by atoms with Crippen molar-refractivity contribution >= 4 is 11.6 Å². The summed E-state index contributed by atoms with van der Waals surface area (Å²) >= 11 is 5.81. The molecule has 0 amide bonds. The lowest BCUT2D eigenvalue weighted by Crippen LogP contribution is -2.30. The Morgan fingerprint density at radius 1 is 1.53 bits per heavy atom. The second-order valence-electron chi connectivity index (χ2n) is 4.42. The van der Waals surface area contributed by atoms with Crippen LogP contribution in [0.25, 0.3) is 0 Å². The number of hydrogen-bond acceptors (Lipinski definition) is 2. The first-order valence-electron chi connectivity index (χ1n) is 5.93. The van der Waals surface area contributed by atoms with E-state index < -0.39 is 0 Å². The van der Waals surface area contributed by atoms with Gasteiger partial charge in [-0.1, -0.05) is 17.7 Å². The van der Waals surface area contributed by atoms with E-state index in [0.29, 0.717) is 5.92 Å². The van der Waals surface area contributed by atoms with Crippen LogP contribution in [0.1, 0.15) is 24.5 Å². The fraction of sp³-hybridized carbons (Fsp3) is 0.538. The molecule has 0 aliphatic carbocycles. The zero-order valence-electron chi connectivity index (χ0n) is 9.88. The minimum absolute atomic E-state index is 0.0225. The van der Waals surface area contributed by atoms with Crippen molar-refractivity contribution in [2.75, 3.05) is 20.2 Å². The molecular formula is C13H17ClFNO. The summed E-state index contributed by atoms with van der Waals surface area (Å²) in [5.41, 5.74) is 0.969. The molecule has 1 aromatic carbocycles. The van der Waals surface area contributed by atoms with Crippen LogP contribution < -0.4 is 5.32 Å². The van der Waals surface area contributed by atoms with Gasteiger partial charge in [-0.2, -0.15) is 0 Å². The van der Waals surface area contributed by atoms with Gasteiger partial charge in [-0.05, 0) is 37.6 Å². The smallest absolute Gasteiger partial charge is 0.141 e. The third-order valence-electron chi connectivity index (χ3n) is 3.18. The predicted molar refractivity (Wildman–Crippen MR) is 66.8 cm³/mol. The van der Waals surface area contributed by atoms with E-state index in [4.69, 9.17) is 16.3 Å². The van der Waals surface area contributed by atoms with Crippen LogP contribution in [0.15, 0.2) is 18.2 Å². The Kier molecular flexibility index (Phi) is 4.37. The summed E-state index contributed by atoms with van der Waals surface area (Å²) in [5, 5.41) is 3.34. The Balaban J connectivity index is 2.20. The fourth-order valence-corrected chi connectivity index (χ4v) is 2.56. The van der Waals surface area contributed by atoms with Crippen molar-refractivity contribution in [2.45, 2.75) is 18.9 Å². The van der Waals surface area contributed by atoms with Gasteiger partial charge >= 0.3 is 0 Å². The van der Waals surface area contributed by atoms with E-state index >= 15 is 0 Å². The molecule has 2 rings (SSSR count). The topological polar surface area (TPSA) is 21.3 Å². The summed E-state index contributed by atoms with van der Waals surface area (Å²) in [6.07, 6.45) is 2.23. The molecule has 17 heavy (non-hydrogen) atoms. The van der Waals surface area contributed by atoms with Gasteiger partial charge in [0.15, 0.2) is 0 Å². The lowest BCUT2D eigenvalue weighted by atomic mass is 9.89. The molecule has 1 N–H and O–H groups in total. The molecule has 1 aliphatic heterocycles. The summed E-state index contributed by atoms with van der Waals surface area (Å²) in [6, 6.07) is 4.85. The molecule has 1 aliphatic rings. The Bertz CT molecular complexity index is 384. The van der Waals surface area contributed by atoms with E-state index in [9.17, 15) is 4.39 Å². The van der Waals surface area contributed by atoms with Crippen LogP contribution >= 0.6 is 11.6 Å². The van der Waals surface area contributed by atoms with E-state index in [1.54, 1.807) is 12.1 Å². The molecule has 1 fully saturated rings. The molecule has 2 atom stereocenters. The van der Waals surface area contributed by atoms with E-state index in [1.807, 2.05) is 7.05 Å². The number of hydrogen-bond donors (Lipinski definition) is 1. The maximum Gasteiger partial charge on any atom is 0.141 e. The van der Waals surface area contributed by atoms with E-state index in [1.165, 1.54) is 6.07 Å². The van der Waals surface area contributed by atoms with Gasteiger partial charge in [0.05, 0.1) is 11.1 Å². The lowest BCUT2D eigenvalue weighted by molar-refractivity contribution is -0.0272. The Morgan fingerprint density at radius 3 is 3.06 bits per heavy atom. The summed E-state index contributed by atoms with van der Waals surface area (Å²) in [7, 11) is 1.93. The second-order valence-corrected chi connectivity index (χ2v) is 4.83. The minimum atomic E-state index is -0.378. The number of halogens is 2. The molecule has 2 nitrogen and oxygen atoms in total. The van der Waals surface area contributed by atoms with E-state index in [0.717, 1.165) is 31.6 Å². The number of rotatable bonds is 3. The maximum absolute atomic E-state index is 13.1. The van der Waals surface area contributed by atoms with Crippen LogP contribution in [-0.2, 0) is 4.74 Å². The van der Waals surface area contributed by atoms with Crippen LogP contribution in [0.3, 0.4) is 0 Å². The first-order chi connectivity index (χ1) is 8.22. The third kappa shape index (κ3) is 2.97. The van der Waals surface area contributed by atoms with Gasteiger partial charge in [-0.25, -0.2) is 4.39 Å². The Labute approximate surface area is 106 Å². The van der Waals surface area contributed by atoms with E-state index in [2.05, 4.69) is 5.32 Å². The summed E-state index contributed by atoms with van der Waals surface area (Å²) in [6.45, 7) is 1.67. The highest BCUT2D eigenvalue weighted by atomic mass is 35.5. The molecule has 0 aromatic heterocycles. The molecule has 4 heteroatoms. The first-order valence-corrected chi connectivity index (χ1v) is 6.31. The van der Waals surface area contributed by atoms with Crippen LogP contribution in [0.5, 0.6) is 0 Å². The fourth-order valence-electron chi connectivity index (χ4n) is 2.37. The highest BCUT2D eigenvalue weighted by Crippen LogP contribution is 2.34. The molecule has 1 heterocycles. The standard InChI is InChI=1S/C13H17ClFNO/c1-16-8-10-3-2-6-17-13(10)9-4-5-12(15)11(14)7-9/h4-5,7,10,13,16H,2-3,6,8H2,1H3. The average molecular weight is 258 g/mol. The lowest BCUT2D eigenvalue weighted by Gasteiger charge is -2.32. The van der Waals surface area contributed by atoms with Gasteiger partial charge in [0, 0.05) is 19.1 Å². The van der Waals surface area contributed by atoms with Crippen LogP contribution in [0.4, 0.5) is 4.39 Å². The van der Waals surface area contributed by atoms with Crippen LogP contribution in [0.2, 0.25) is 5.02 Å². The molecule has 0 bridgehead atoms. The molecule has 1 saturated heterocycles. The van der Waals surface area contributed by atoms with Crippen molar-refractivity contribution in [1.82, 2.24) is 5.32 Å². The zero-order valence-corrected chi connectivity index (χ0v) is 10.6. The van der Waals surface area contributed by atoms with Gasteiger partial charge in [0.2, 0.25) is 0 Å². The van der Waals surface area contributed by atoms with Gasteiger partial charge in [-0.15, -0.1) is 0 Å².